The monoisotopic (exact) mass is 294 g/mol. The number of amides is 1. The van der Waals surface area contributed by atoms with Gasteiger partial charge in [0.15, 0.2) is 0 Å². The molecule has 0 spiro atoms. The maximum Gasteiger partial charge on any atom is 0.266 e. The zero-order valence-corrected chi connectivity index (χ0v) is 12.8. The number of hydrogen-bond donors (Lipinski definition) is 1. The van der Waals surface area contributed by atoms with E-state index in [1.807, 2.05) is 20.8 Å². The highest BCUT2D eigenvalue weighted by atomic mass is 32.1. The number of rotatable bonds is 4. The van der Waals surface area contributed by atoms with Gasteiger partial charge in [-0.25, -0.2) is 4.39 Å². The molecule has 1 aromatic heterocycles. The fraction of sp³-hybridized carbons (Fsp3) is 0.400. The van der Waals surface area contributed by atoms with Crippen molar-refractivity contribution >= 4 is 33.0 Å². The topological polar surface area (TPSA) is 46.3 Å². The van der Waals surface area contributed by atoms with Gasteiger partial charge in [-0.3, -0.25) is 4.79 Å². The van der Waals surface area contributed by atoms with Gasteiger partial charge in [0, 0.05) is 22.7 Å². The Kier molecular flexibility index (Phi) is 4.28. The fourth-order valence-corrected chi connectivity index (χ4v) is 3.31. The lowest BCUT2D eigenvalue weighted by atomic mass is 10.2. The molecule has 1 atom stereocenters. The van der Waals surface area contributed by atoms with Crippen molar-refractivity contribution in [3.8, 4) is 0 Å². The molecule has 2 N–H and O–H groups in total. The lowest BCUT2D eigenvalue weighted by Crippen LogP contribution is -2.37. The molecule has 5 heteroatoms. The zero-order chi connectivity index (χ0) is 14.9. The zero-order valence-electron chi connectivity index (χ0n) is 11.9. The number of hydrogen-bond acceptors (Lipinski definition) is 3. The first-order valence-electron chi connectivity index (χ1n) is 6.78. The molecule has 0 saturated heterocycles. The Bertz CT molecular complexity index is 638. The van der Waals surface area contributed by atoms with Crippen LogP contribution in [-0.2, 0) is 0 Å². The number of nitrogen functional groups attached to an aromatic ring is 1. The molecule has 108 valence electrons. The molecule has 1 amide bonds. The van der Waals surface area contributed by atoms with E-state index in [0.717, 1.165) is 11.1 Å². The highest BCUT2D eigenvalue weighted by Gasteiger charge is 2.24. The van der Waals surface area contributed by atoms with Crippen LogP contribution in [0.15, 0.2) is 18.2 Å². The molecule has 0 radical (unpaired) electrons. The molecule has 0 bridgehead atoms. The predicted octanol–water partition coefficient (Wildman–Crippen LogP) is 3.88. The molecule has 1 aromatic carbocycles. The molecule has 20 heavy (non-hydrogen) atoms. The number of halogens is 1. The minimum Gasteiger partial charge on any atom is -0.397 e. The molecule has 2 aromatic rings. The molecule has 0 aliphatic carbocycles. The second-order valence-corrected chi connectivity index (χ2v) is 5.89. The maximum absolute atomic E-state index is 13.3. The molecular weight excluding hydrogens is 275 g/mol. The average molecular weight is 294 g/mol. The normalized spacial score (nSPS) is 12.6. The first-order chi connectivity index (χ1) is 9.49. The number of carbonyl (C=O) groups excluding carboxylic acids is 1. The molecular formula is C15H19FN2OS. The van der Waals surface area contributed by atoms with Crippen LogP contribution >= 0.6 is 11.3 Å². The summed E-state index contributed by atoms with van der Waals surface area (Å²) < 4.78 is 14.1. The number of fused-ring (bicyclic) bond motifs is 1. The standard InChI is InChI=1S/C15H19FN2OS/c1-4-9(3)18(5-2)15(19)14-13(17)11-8-10(16)6-7-12(11)20-14/h6-9H,4-5,17H2,1-3H3. The molecule has 0 aliphatic heterocycles. The number of carbonyl (C=O) groups is 1. The molecule has 1 unspecified atom stereocenters. The van der Waals surface area contributed by atoms with Crippen LogP contribution in [0.3, 0.4) is 0 Å². The number of benzene rings is 1. The maximum atomic E-state index is 13.3. The Balaban J connectivity index is 2.47. The van der Waals surface area contributed by atoms with Crippen LogP contribution in [0.2, 0.25) is 0 Å². The summed E-state index contributed by atoms with van der Waals surface area (Å²) in [6.45, 7) is 6.65. The molecule has 2 rings (SSSR count). The van der Waals surface area contributed by atoms with Crippen LogP contribution in [-0.4, -0.2) is 23.4 Å². The van der Waals surface area contributed by atoms with E-state index in [1.54, 1.807) is 11.0 Å². The van der Waals surface area contributed by atoms with Crippen LogP contribution in [0, 0.1) is 5.82 Å². The lowest BCUT2D eigenvalue weighted by Gasteiger charge is -2.26. The Hall–Kier alpha value is -1.62. The Labute approximate surface area is 122 Å². The van der Waals surface area contributed by atoms with E-state index in [0.29, 0.717) is 22.5 Å². The molecule has 1 heterocycles. The van der Waals surface area contributed by atoms with Gasteiger partial charge in [-0.15, -0.1) is 11.3 Å². The summed E-state index contributed by atoms with van der Waals surface area (Å²) in [5, 5.41) is 0.624. The van der Waals surface area contributed by atoms with Gasteiger partial charge in [0.2, 0.25) is 0 Å². The molecule has 0 fully saturated rings. The first kappa shape index (κ1) is 14.8. The highest BCUT2D eigenvalue weighted by molar-refractivity contribution is 7.21. The summed E-state index contributed by atoms with van der Waals surface area (Å²) in [5.74, 6) is -0.406. The van der Waals surface area contributed by atoms with E-state index in [9.17, 15) is 9.18 Å². The smallest absolute Gasteiger partial charge is 0.266 e. The van der Waals surface area contributed by atoms with Crippen LogP contribution in [0.4, 0.5) is 10.1 Å². The number of anilines is 1. The Morgan fingerprint density at radius 1 is 1.45 bits per heavy atom. The minimum absolute atomic E-state index is 0.0686. The van der Waals surface area contributed by atoms with Crippen molar-refractivity contribution in [2.24, 2.45) is 0 Å². The summed E-state index contributed by atoms with van der Waals surface area (Å²) in [4.78, 5) is 14.9. The number of thiophene rings is 1. The van der Waals surface area contributed by atoms with Gasteiger partial charge in [0.1, 0.15) is 10.7 Å². The predicted molar refractivity (Wildman–Crippen MR) is 82.7 cm³/mol. The Morgan fingerprint density at radius 2 is 2.15 bits per heavy atom. The number of nitrogens with two attached hydrogens (primary N) is 1. The van der Waals surface area contributed by atoms with Crippen molar-refractivity contribution < 1.29 is 9.18 Å². The van der Waals surface area contributed by atoms with Crippen LogP contribution in [0.25, 0.3) is 10.1 Å². The van der Waals surface area contributed by atoms with Crippen LogP contribution in [0.1, 0.15) is 36.9 Å². The largest absolute Gasteiger partial charge is 0.397 e. The third-order valence-corrected chi connectivity index (χ3v) is 4.78. The average Bonchev–Trinajstić information content (AvgIpc) is 2.76. The van der Waals surface area contributed by atoms with Gasteiger partial charge >= 0.3 is 0 Å². The van der Waals surface area contributed by atoms with Crippen molar-refractivity contribution in [2.45, 2.75) is 33.2 Å². The highest BCUT2D eigenvalue weighted by Crippen LogP contribution is 2.35. The van der Waals surface area contributed by atoms with Crippen molar-refractivity contribution in [1.82, 2.24) is 4.90 Å². The number of nitrogens with zero attached hydrogens (tertiary/aromatic N) is 1. The summed E-state index contributed by atoms with van der Waals surface area (Å²) >= 11 is 1.33. The van der Waals surface area contributed by atoms with Crippen molar-refractivity contribution in [1.29, 1.82) is 0 Å². The quantitative estimate of drug-likeness (QED) is 0.930. The van der Waals surface area contributed by atoms with E-state index >= 15 is 0 Å². The van der Waals surface area contributed by atoms with Crippen molar-refractivity contribution in [2.75, 3.05) is 12.3 Å². The lowest BCUT2D eigenvalue weighted by molar-refractivity contribution is 0.0706. The molecule has 3 nitrogen and oxygen atoms in total. The minimum atomic E-state index is -0.338. The summed E-state index contributed by atoms with van der Waals surface area (Å²) in [6.07, 6.45) is 0.888. The Morgan fingerprint density at radius 3 is 2.75 bits per heavy atom. The van der Waals surface area contributed by atoms with Crippen molar-refractivity contribution in [3.05, 3.63) is 28.9 Å². The SMILES string of the molecule is CCC(C)N(CC)C(=O)c1sc2ccc(F)cc2c1N. The summed E-state index contributed by atoms with van der Waals surface area (Å²) in [6, 6.07) is 4.60. The van der Waals surface area contributed by atoms with E-state index in [1.165, 1.54) is 23.5 Å². The van der Waals surface area contributed by atoms with Gasteiger partial charge in [0.25, 0.3) is 5.91 Å². The van der Waals surface area contributed by atoms with Crippen LogP contribution < -0.4 is 5.73 Å². The summed E-state index contributed by atoms with van der Waals surface area (Å²) in [7, 11) is 0. The van der Waals surface area contributed by atoms with Gasteiger partial charge in [-0.2, -0.15) is 0 Å². The van der Waals surface area contributed by atoms with E-state index in [-0.39, 0.29) is 17.8 Å². The van der Waals surface area contributed by atoms with E-state index in [2.05, 4.69) is 0 Å². The van der Waals surface area contributed by atoms with Gasteiger partial charge in [0.05, 0.1) is 5.69 Å². The van der Waals surface area contributed by atoms with Gasteiger partial charge in [-0.1, -0.05) is 6.92 Å². The first-order valence-corrected chi connectivity index (χ1v) is 7.59. The van der Waals surface area contributed by atoms with Crippen molar-refractivity contribution in [3.63, 3.8) is 0 Å². The third-order valence-electron chi connectivity index (χ3n) is 3.61. The van der Waals surface area contributed by atoms with Gasteiger partial charge in [-0.05, 0) is 38.5 Å². The van der Waals surface area contributed by atoms with Crippen LogP contribution in [0.5, 0.6) is 0 Å². The second kappa shape index (κ2) is 5.79. The summed E-state index contributed by atoms with van der Waals surface area (Å²) in [5.41, 5.74) is 6.42. The molecule has 0 saturated carbocycles. The van der Waals surface area contributed by atoms with Gasteiger partial charge < -0.3 is 10.6 Å². The third kappa shape index (κ3) is 2.50. The molecule has 0 aliphatic rings. The van der Waals surface area contributed by atoms with E-state index in [4.69, 9.17) is 5.73 Å². The fourth-order valence-electron chi connectivity index (χ4n) is 2.25. The second-order valence-electron chi connectivity index (χ2n) is 4.83. The van der Waals surface area contributed by atoms with E-state index < -0.39 is 0 Å².